The normalized spacial score (nSPS) is 17.3. The van der Waals surface area contributed by atoms with Gasteiger partial charge in [0.05, 0.1) is 5.52 Å². The molecule has 1 heterocycles. The topological polar surface area (TPSA) is 43.8 Å². The first-order valence-corrected chi connectivity index (χ1v) is 6.60. The van der Waals surface area contributed by atoms with Gasteiger partial charge >= 0.3 is 0 Å². The van der Waals surface area contributed by atoms with E-state index in [2.05, 4.69) is 16.5 Å². The average Bonchev–Trinajstić information content (AvgIpc) is 3.13. The van der Waals surface area contributed by atoms with Gasteiger partial charge in [0.25, 0.3) is 0 Å². The lowest BCUT2D eigenvalue weighted by Crippen LogP contribution is -2.26. The molecule has 1 aromatic carbocycles. The Morgan fingerprint density at radius 2 is 2.28 bits per heavy atom. The van der Waals surface area contributed by atoms with Gasteiger partial charge in [-0.05, 0) is 37.8 Å². The van der Waals surface area contributed by atoms with Gasteiger partial charge in [0.1, 0.15) is 11.3 Å². The molecule has 0 spiro atoms. The quantitative estimate of drug-likeness (QED) is 0.902. The number of fused-ring (bicyclic) bond motifs is 1. The molecule has 0 aliphatic heterocycles. The lowest BCUT2D eigenvalue weighted by molar-refractivity contribution is 0.557. The van der Waals surface area contributed by atoms with Crippen molar-refractivity contribution in [3.63, 3.8) is 0 Å². The second-order valence-corrected chi connectivity index (χ2v) is 5.09. The molecule has 2 N–H and O–H groups in total. The van der Waals surface area contributed by atoms with Gasteiger partial charge in [-0.1, -0.05) is 6.07 Å². The predicted octanol–water partition coefficient (Wildman–Crippen LogP) is 2.48. The highest BCUT2D eigenvalue weighted by Gasteiger charge is 2.29. The molecule has 0 bridgehead atoms. The first-order chi connectivity index (χ1) is 8.70. The molecule has 1 aromatic heterocycles. The second-order valence-electron chi connectivity index (χ2n) is 5.09. The molecule has 96 valence electrons. The van der Waals surface area contributed by atoms with Crippen LogP contribution in [0, 0.1) is 11.7 Å². The van der Waals surface area contributed by atoms with Crippen molar-refractivity contribution < 1.29 is 4.39 Å². The first kappa shape index (κ1) is 11.7. The molecule has 1 fully saturated rings. The maximum absolute atomic E-state index is 13.7. The molecule has 0 radical (unpaired) electrons. The summed E-state index contributed by atoms with van der Waals surface area (Å²) in [5.74, 6) is 1.30. The Balaban J connectivity index is 2.02. The first-order valence-electron chi connectivity index (χ1n) is 6.60. The highest BCUT2D eigenvalue weighted by atomic mass is 19.1. The largest absolute Gasteiger partial charge is 0.328 e. The van der Waals surface area contributed by atoms with Crippen LogP contribution in [0.15, 0.2) is 18.2 Å². The third-order valence-corrected chi connectivity index (χ3v) is 3.77. The van der Waals surface area contributed by atoms with Crippen LogP contribution < -0.4 is 5.73 Å². The summed E-state index contributed by atoms with van der Waals surface area (Å²) in [6.07, 6.45) is 3.19. The number of benzene rings is 1. The number of rotatable bonds is 4. The fourth-order valence-corrected chi connectivity index (χ4v) is 2.57. The molecule has 1 aliphatic carbocycles. The van der Waals surface area contributed by atoms with Gasteiger partial charge < -0.3 is 10.3 Å². The van der Waals surface area contributed by atoms with Crippen molar-refractivity contribution in [3.05, 3.63) is 29.8 Å². The Bertz CT molecular complexity index is 572. The summed E-state index contributed by atoms with van der Waals surface area (Å²) < 4.78 is 15.8. The van der Waals surface area contributed by atoms with E-state index in [9.17, 15) is 4.39 Å². The number of nitrogens with zero attached hydrogens (tertiary/aromatic N) is 2. The molecule has 3 nitrogen and oxygen atoms in total. The lowest BCUT2D eigenvalue weighted by atomic mass is 10.1. The van der Waals surface area contributed by atoms with Gasteiger partial charge in [0, 0.05) is 19.0 Å². The maximum atomic E-state index is 13.7. The van der Waals surface area contributed by atoms with E-state index in [4.69, 9.17) is 5.73 Å². The zero-order valence-electron chi connectivity index (χ0n) is 10.6. The molecule has 18 heavy (non-hydrogen) atoms. The summed E-state index contributed by atoms with van der Waals surface area (Å²) in [6, 6.07) is 5.27. The predicted molar refractivity (Wildman–Crippen MR) is 69.8 cm³/mol. The molecule has 3 rings (SSSR count). The van der Waals surface area contributed by atoms with Crippen molar-refractivity contribution >= 4 is 11.0 Å². The zero-order valence-corrected chi connectivity index (χ0v) is 10.6. The van der Waals surface area contributed by atoms with Gasteiger partial charge in [0.2, 0.25) is 0 Å². The van der Waals surface area contributed by atoms with E-state index in [1.165, 1.54) is 18.9 Å². The summed E-state index contributed by atoms with van der Waals surface area (Å²) in [6.45, 7) is 2.85. The van der Waals surface area contributed by atoms with Crippen LogP contribution in [0.2, 0.25) is 0 Å². The number of para-hydroxylation sites is 1. The molecular weight excluding hydrogens is 229 g/mol. The van der Waals surface area contributed by atoms with Crippen molar-refractivity contribution in [1.82, 2.24) is 9.55 Å². The molecular formula is C14H18FN3. The minimum absolute atomic E-state index is 0.162. The van der Waals surface area contributed by atoms with Crippen molar-refractivity contribution in [1.29, 1.82) is 0 Å². The van der Waals surface area contributed by atoms with E-state index < -0.39 is 0 Å². The number of imidazole rings is 1. The fraction of sp³-hybridized carbons (Fsp3) is 0.500. The van der Waals surface area contributed by atoms with Gasteiger partial charge in [-0.15, -0.1) is 0 Å². The maximum Gasteiger partial charge on any atom is 0.151 e. The van der Waals surface area contributed by atoms with Crippen LogP contribution in [-0.2, 0) is 13.0 Å². The Labute approximate surface area is 106 Å². The van der Waals surface area contributed by atoms with Crippen molar-refractivity contribution in [2.75, 3.05) is 0 Å². The molecule has 0 saturated heterocycles. The Hall–Kier alpha value is -1.42. The molecule has 2 aromatic rings. The Kier molecular flexibility index (Phi) is 2.82. The number of halogens is 1. The van der Waals surface area contributed by atoms with Crippen LogP contribution in [0.3, 0.4) is 0 Å². The number of hydrogen-bond acceptors (Lipinski definition) is 2. The van der Waals surface area contributed by atoms with Crippen LogP contribution in [0.1, 0.15) is 25.6 Å². The van der Waals surface area contributed by atoms with E-state index in [0.29, 0.717) is 11.4 Å². The lowest BCUT2D eigenvalue weighted by Gasteiger charge is -2.11. The number of aryl methyl sites for hydroxylation is 1. The monoisotopic (exact) mass is 247 g/mol. The zero-order chi connectivity index (χ0) is 12.7. The van der Waals surface area contributed by atoms with E-state index in [1.807, 2.05) is 6.07 Å². The van der Waals surface area contributed by atoms with E-state index in [1.54, 1.807) is 6.07 Å². The van der Waals surface area contributed by atoms with E-state index >= 15 is 0 Å². The second kappa shape index (κ2) is 4.35. The van der Waals surface area contributed by atoms with E-state index in [-0.39, 0.29) is 11.9 Å². The molecule has 1 aliphatic rings. The SMILES string of the molecule is CCn1c(CC(N)C2CC2)nc2c(F)cccc21. The van der Waals surface area contributed by atoms with E-state index in [0.717, 1.165) is 24.3 Å². The summed E-state index contributed by atoms with van der Waals surface area (Å²) >= 11 is 0. The Morgan fingerprint density at radius 3 is 2.94 bits per heavy atom. The van der Waals surface area contributed by atoms with Gasteiger partial charge in [-0.2, -0.15) is 0 Å². The van der Waals surface area contributed by atoms with Gasteiger partial charge in [-0.3, -0.25) is 0 Å². The minimum Gasteiger partial charge on any atom is -0.328 e. The van der Waals surface area contributed by atoms with Crippen LogP contribution in [0.4, 0.5) is 4.39 Å². The highest BCUT2D eigenvalue weighted by molar-refractivity contribution is 5.76. The smallest absolute Gasteiger partial charge is 0.151 e. The molecule has 4 heteroatoms. The number of hydrogen-bond donors (Lipinski definition) is 1. The van der Waals surface area contributed by atoms with Gasteiger partial charge in [0.15, 0.2) is 5.82 Å². The van der Waals surface area contributed by atoms with Crippen LogP contribution in [0.5, 0.6) is 0 Å². The molecule has 1 saturated carbocycles. The molecule has 1 unspecified atom stereocenters. The van der Waals surface area contributed by atoms with Gasteiger partial charge in [-0.25, -0.2) is 9.37 Å². The van der Waals surface area contributed by atoms with Crippen molar-refractivity contribution in [2.45, 2.75) is 38.8 Å². The summed E-state index contributed by atoms with van der Waals surface area (Å²) in [7, 11) is 0. The third kappa shape index (κ3) is 1.90. The number of nitrogens with two attached hydrogens (primary N) is 1. The van der Waals surface area contributed by atoms with Crippen molar-refractivity contribution in [2.24, 2.45) is 11.7 Å². The third-order valence-electron chi connectivity index (χ3n) is 3.77. The van der Waals surface area contributed by atoms with Crippen LogP contribution in [-0.4, -0.2) is 15.6 Å². The highest BCUT2D eigenvalue weighted by Crippen LogP contribution is 2.33. The fourth-order valence-electron chi connectivity index (χ4n) is 2.57. The summed E-state index contributed by atoms with van der Waals surface area (Å²) in [4.78, 5) is 4.44. The average molecular weight is 247 g/mol. The summed E-state index contributed by atoms with van der Waals surface area (Å²) in [5, 5.41) is 0. The summed E-state index contributed by atoms with van der Waals surface area (Å²) in [5.41, 5.74) is 7.49. The molecule has 0 amide bonds. The Morgan fingerprint density at radius 1 is 1.50 bits per heavy atom. The van der Waals surface area contributed by atoms with Crippen LogP contribution >= 0.6 is 0 Å². The van der Waals surface area contributed by atoms with Crippen molar-refractivity contribution in [3.8, 4) is 0 Å². The van der Waals surface area contributed by atoms with Crippen LogP contribution in [0.25, 0.3) is 11.0 Å². The number of aromatic nitrogens is 2. The minimum atomic E-state index is -0.249. The standard InChI is InChI=1S/C14H18FN3/c1-2-18-12-5-3-4-10(15)14(12)17-13(18)8-11(16)9-6-7-9/h3-5,9,11H,2,6-8,16H2,1H3. The molecule has 1 atom stereocenters.